The summed E-state index contributed by atoms with van der Waals surface area (Å²) in [4.78, 5) is 12.3. The fraction of sp³-hybridized carbons (Fsp3) is 0.700. The quantitative estimate of drug-likeness (QED) is 0.698. The molecule has 1 N–H and O–H groups in total. The van der Waals surface area contributed by atoms with Crippen LogP contribution in [0.4, 0.5) is 4.79 Å². The van der Waals surface area contributed by atoms with Crippen molar-refractivity contribution >= 4 is 6.09 Å². The number of cyclic esters (lactones) is 1. The number of hydrogen-bond donors (Lipinski definition) is 1. The predicted octanol–water partition coefficient (Wildman–Crippen LogP) is 1.36. The average Bonchev–Trinajstić information content (AvgIpc) is 2.42. The fourth-order valence-electron chi connectivity index (χ4n) is 1.48. The van der Waals surface area contributed by atoms with E-state index in [1.54, 1.807) is 0 Å². The van der Waals surface area contributed by atoms with E-state index in [-0.39, 0.29) is 5.92 Å². The molecule has 0 aromatic rings. The molecule has 0 aromatic heterocycles. The van der Waals surface area contributed by atoms with Crippen molar-refractivity contribution in [2.45, 2.75) is 32.6 Å². The second-order valence-electron chi connectivity index (χ2n) is 3.65. The Bertz CT molecular complexity index is 240. The summed E-state index contributed by atoms with van der Waals surface area (Å²) in [5.74, 6) is 0.134. The summed E-state index contributed by atoms with van der Waals surface area (Å²) >= 11 is 0. The van der Waals surface area contributed by atoms with E-state index in [0.717, 1.165) is 6.42 Å². The van der Waals surface area contributed by atoms with Crippen LogP contribution in [0.5, 0.6) is 0 Å². The van der Waals surface area contributed by atoms with Gasteiger partial charge >= 0.3 is 6.09 Å². The van der Waals surface area contributed by atoms with Crippen LogP contribution in [0.1, 0.15) is 20.3 Å². The summed E-state index contributed by atoms with van der Waals surface area (Å²) in [5.41, 5.74) is 0. The SMILES string of the molecule is C/C=C/C[C@@H](C)[C@H]1OC(=O)N(C)C1O. The number of aliphatic hydroxyl groups is 1. The zero-order chi connectivity index (χ0) is 10.7. The lowest BCUT2D eigenvalue weighted by atomic mass is 9.99. The van der Waals surface area contributed by atoms with Gasteiger partial charge in [-0.25, -0.2) is 4.79 Å². The molecule has 1 aliphatic rings. The van der Waals surface area contributed by atoms with Crippen LogP contribution >= 0.6 is 0 Å². The molecule has 0 saturated carbocycles. The van der Waals surface area contributed by atoms with E-state index in [1.807, 2.05) is 26.0 Å². The molecular weight excluding hydrogens is 182 g/mol. The van der Waals surface area contributed by atoms with Gasteiger partial charge in [0.05, 0.1) is 0 Å². The Hall–Kier alpha value is -1.03. The third-order valence-electron chi connectivity index (χ3n) is 2.52. The third-order valence-corrected chi connectivity index (χ3v) is 2.52. The van der Waals surface area contributed by atoms with Crippen LogP contribution < -0.4 is 0 Å². The number of rotatable bonds is 3. The van der Waals surface area contributed by atoms with Gasteiger partial charge in [0.25, 0.3) is 0 Å². The summed E-state index contributed by atoms with van der Waals surface area (Å²) in [5, 5.41) is 9.65. The van der Waals surface area contributed by atoms with E-state index in [4.69, 9.17) is 4.74 Å². The number of nitrogens with zero attached hydrogens (tertiary/aromatic N) is 1. The second kappa shape index (κ2) is 4.46. The van der Waals surface area contributed by atoms with Crippen LogP contribution in [0.3, 0.4) is 0 Å². The Morgan fingerprint density at radius 1 is 1.71 bits per heavy atom. The summed E-state index contributed by atoms with van der Waals surface area (Å²) in [6.07, 6.45) is 3.08. The van der Waals surface area contributed by atoms with Gasteiger partial charge in [-0.2, -0.15) is 0 Å². The molecule has 1 amide bonds. The van der Waals surface area contributed by atoms with Crippen molar-refractivity contribution in [2.24, 2.45) is 5.92 Å². The first-order chi connectivity index (χ1) is 6.57. The minimum Gasteiger partial charge on any atom is -0.441 e. The molecule has 1 aliphatic heterocycles. The first kappa shape index (κ1) is 11.0. The summed E-state index contributed by atoms with van der Waals surface area (Å²) < 4.78 is 5.05. The Kier molecular flexibility index (Phi) is 3.52. The maximum Gasteiger partial charge on any atom is 0.412 e. The topological polar surface area (TPSA) is 49.8 Å². The zero-order valence-electron chi connectivity index (χ0n) is 8.80. The molecule has 1 saturated heterocycles. The highest BCUT2D eigenvalue weighted by Crippen LogP contribution is 2.24. The number of amides is 1. The van der Waals surface area contributed by atoms with Crippen molar-refractivity contribution in [3.05, 3.63) is 12.2 Å². The maximum atomic E-state index is 11.1. The van der Waals surface area contributed by atoms with Crippen LogP contribution in [-0.2, 0) is 4.74 Å². The Morgan fingerprint density at radius 3 is 2.79 bits per heavy atom. The average molecular weight is 199 g/mol. The van der Waals surface area contributed by atoms with Crippen molar-refractivity contribution in [3.63, 3.8) is 0 Å². The highest BCUT2D eigenvalue weighted by atomic mass is 16.6. The molecule has 4 heteroatoms. The summed E-state index contributed by atoms with van der Waals surface area (Å²) in [6.45, 7) is 3.90. The van der Waals surface area contributed by atoms with Gasteiger partial charge < -0.3 is 9.84 Å². The van der Waals surface area contributed by atoms with Crippen LogP contribution in [0.25, 0.3) is 0 Å². The number of allylic oxidation sites excluding steroid dienone is 2. The molecule has 1 heterocycles. The molecule has 1 unspecified atom stereocenters. The molecule has 0 aromatic carbocycles. The Morgan fingerprint density at radius 2 is 2.36 bits per heavy atom. The molecule has 4 nitrogen and oxygen atoms in total. The molecule has 0 spiro atoms. The number of likely N-dealkylation sites (N-methyl/N-ethyl adjacent to an activating group) is 1. The van der Waals surface area contributed by atoms with Crippen LogP contribution in [0.15, 0.2) is 12.2 Å². The van der Waals surface area contributed by atoms with Crippen molar-refractivity contribution in [3.8, 4) is 0 Å². The van der Waals surface area contributed by atoms with Crippen LogP contribution in [0.2, 0.25) is 0 Å². The number of hydrogen-bond acceptors (Lipinski definition) is 3. The van der Waals surface area contributed by atoms with Crippen LogP contribution in [0, 0.1) is 5.92 Å². The molecule has 0 aliphatic carbocycles. The molecule has 1 rings (SSSR count). The standard InChI is InChI=1S/C10H17NO3/c1-4-5-6-7(2)8-9(12)11(3)10(13)14-8/h4-5,7-9,12H,6H2,1-3H3/b5-4+/t7-,8-,9?/m1/s1. The molecule has 14 heavy (non-hydrogen) atoms. The lowest BCUT2D eigenvalue weighted by Crippen LogP contribution is -2.36. The highest BCUT2D eigenvalue weighted by molar-refractivity contribution is 5.69. The fourth-order valence-corrected chi connectivity index (χ4v) is 1.48. The van der Waals surface area contributed by atoms with E-state index < -0.39 is 18.4 Å². The minimum atomic E-state index is -0.817. The van der Waals surface area contributed by atoms with Gasteiger partial charge in [-0.15, -0.1) is 0 Å². The predicted molar refractivity (Wildman–Crippen MR) is 52.6 cm³/mol. The van der Waals surface area contributed by atoms with Gasteiger partial charge in [-0.05, 0) is 13.3 Å². The van der Waals surface area contributed by atoms with E-state index in [1.165, 1.54) is 11.9 Å². The summed E-state index contributed by atoms with van der Waals surface area (Å²) in [6, 6.07) is 0. The van der Waals surface area contributed by atoms with E-state index in [9.17, 15) is 9.90 Å². The van der Waals surface area contributed by atoms with E-state index in [0.29, 0.717) is 0 Å². The molecule has 80 valence electrons. The Balaban J connectivity index is 2.57. The largest absolute Gasteiger partial charge is 0.441 e. The summed E-state index contributed by atoms with van der Waals surface area (Å²) in [7, 11) is 1.54. The van der Waals surface area contributed by atoms with Gasteiger partial charge in [0.1, 0.15) is 0 Å². The molecule has 3 atom stereocenters. The van der Waals surface area contributed by atoms with Crippen molar-refractivity contribution in [2.75, 3.05) is 7.05 Å². The normalized spacial score (nSPS) is 29.7. The first-order valence-corrected chi connectivity index (χ1v) is 4.80. The van der Waals surface area contributed by atoms with E-state index >= 15 is 0 Å². The molecule has 0 radical (unpaired) electrons. The lowest BCUT2D eigenvalue weighted by Gasteiger charge is -2.20. The number of ether oxygens (including phenoxy) is 1. The minimum absolute atomic E-state index is 0.134. The monoisotopic (exact) mass is 199 g/mol. The van der Waals surface area contributed by atoms with Crippen molar-refractivity contribution in [1.82, 2.24) is 4.90 Å². The molecule has 1 fully saturated rings. The second-order valence-corrected chi connectivity index (χ2v) is 3.65. The highest BCUT2D eigenvalue weighted by Gasteiger charge is 2.40. The van der Waals surface area contributed by atoms with Gasteiger partial charge in [0.15, 0.2) is 12.3 Å². The van der Waals surface area contributed by atoms with Gasteiger partial charge in [-0.1, -0.05) is 19.1 Å². The first-order valence-electron chi connectivity index (χ1n) is 4.80. The van der Waals surface area contributed by atoms with Gasteiger partial charge in [0, 0.05) is 13.0 Å². The third kappa shape index (κ3) is 2.07. The van der Waals surface area contributed by atoms with Crippen molar-refractivity contribution < 1.29 is 14.6 Å². The van der Waals surface area contributed by atoms with E-state index in [2.05, 4.69) is 0 Å². The zero-order valence-corrected chi connectivity index (χ0v) is 8.80. The van der Waals surface area contributed by atoms with Gasteiger partial charge in [0.2, 0.25) is 0 Å². The smallest absolute Gasteiger partial charge is 0.412 e. The Labute approximate surface area is 84.2 Å². The maximum absolute atomic E-state index is 11.1. The lowest BCUT2D eigenvalue weighted by molar-refractivity contribution is -0.00286. The number of aliphatic hydroxyl groups excluding tert-OH is 1. The molecule has 0 bridgehead atoms. The number of carbonyl (C=O) groups is 1. The number of carbonyl (C=O) groups excluding carboxylic acids is 1. The van der Waals surface area contributed by atoms with Gasteiger partial charge in [-0.3, -0.25) is 4.90 Å². The molecular formula is C10H17NO3. The van der Waals surface area contributed by atoms with Crippen LogP contribution in [-0.4, -0.2) is 35.5 Å². The van der Waals surface area contributed by atoms with Crippen molar-refractivity contribution in [1.29, 1.82) is 0 Å².